The number of rotatable bonds is 7. The predicted molar refractivity (Wildman–Crippen MR) is 94.1 cm³/mol. The molecule has 1 aromatic rings. The van der Waals surface area contributed by atoms with E-state index in [0.717, 1.165) is 23.7 Å². The molecule has 134 valence electrons. The maximum atomic E-state index is 12.4. The average molecular weight is 374 g/mol. The van der Waals surface area contributed by atoms with E-state index in [1.165, 1.54) is 4.88 Å². The zero-order valence-corrected chi connectivity index (χ0v) is 15.7. The Morgan fingerprint density at radius 3 is 2.25 bits per heavy atom. The molecule has 0 aromatic carbocycles. The molecule has 1 N–H and O–H groups in total. The van der Waals surface area contributed by atoms with Crippen molar-refractivity contribution in [1.82, 2.24) is 5.32 Å². The molecule has 1 fully saturated rings. The summed E-state index contributed by atoms with van der Waals surface area (Å²) in [5.74, 6) is -0.904. The molecule has 1 aromatic heterocycles. The van der Waals surface area contributed by atoms with Crippen LogP contribution in [0.2, 0.25) is 4.34 Å². The quantitative estimate of drug-likeness (QED) is 0.585. The van der Waals surface area contributed by atoms with Crippen molar-refractivity contribution >= 4 is 34.9 Å². The number of ether oxygens (including phenoxy) is 2. The molecule has 0 radical (unpaired) electrons. The molecule has 7 heteroatoms. The van der Waals surface area contributed by atoms with Gasteiger partial charge in [-0.1, -0.05) is 11.6 Å². The molecule has 2 rings (SSSR count). The van der Waals surface area contributed by atoms with Crippen LogP contribution in [0.4, 0.5) is 0 Å². The summed E-state index contributed by atoms with van der Waals surface area (Å²) in [5.41, 5.74) is -1.14. The number of esters is 2. The third-order valence-corrected chi connectivity index (χ3v) is 5.60. The summed E-state index contributed by atoms with van der Waals surface area (Å²) in [6, 6.07) is 4.16. The van der Waals surface area contributed by atoms with E-state index in [4.69, 9.17) is 21.1 Å². The molecule has 0 saturated heterocycles. The lowest BCUT2D eigenvalue weighted by atomic mass is 9.72. The van der Waals surface area contributed by atoms with Gasteiger partial charge in [-0.25, -0.2) is 0 Å². The summed E-state index contributed by atoms with van der Waals surface area (Å²) in [4.78, 5) is 25.9. The Morgan fingerprint density at radius 2 is 1.79 bits per heavy atom. The fourth-order valence-corrected chi connectivity index (χ4v) is 4.07. The van der Waals surface area contributed by atoms with Gasteiger partial charge in [0.2, 0.25) is 0 Å². The van der Waals surface area contributed by atoms with Gasteiger partial charge in [0, 0.05) is 17.5 Å². The molecule has 1 heterocycles. The van der Waals surface area contributed by atoms with E-state index >= 15 is 0 Å². The SMILES string of the molecule is CCOC(=O)C1(C(=O)OCC)CCC(NCc2ccc(Cl)s2)CC1. The fourth-order valence-electron chi connectivity index (χ4n) is 3.04. The van der Waals surface area contributed by atoms with E-state index in [2.05, 4.69) is 5.32 Å². The number of thiophene rings is 1. The van der Waals surface area contributed by atoms with E-state index in [1.807, 2.05) is 12.1 Å². The first kappa shape index (κ1) is 19.2. The molecule has 0 amide bonds. The van der Waals surface area contributed by atoms with Gasteiger partial charge in [0.15, 0.2) is 5.41 Å². The fraction of sp³-hybridized carbons (Fsp3) is 0.647. The van der Waals surface area contributed by atoms with Crippen LogP contribution in [0.1, 0.15) is 44.4 Å². The van der Waals surface area contributed by atoms with E-state index in [9.17, 15) is 9.59 Å². The van der Waals surface area contributed by atoms with Crippen molar-refractivity contribution in [3.05, 3.63) is 21.3 Å². The normalized spacial score (nSPS) is 17.5. The molecule has 24 heavy (non-hydrogen) atoms. The molecular weight excluding hydrogens is 350 g/mol. The van der Waals surface area contributed by atoms with Gasteiger partial charge in [-0.2, -0.15) is 0 Å². The number of hydrogen-bond acceptors (Lipinski definition) is 6. The Hall–Kier alpha value is -1.11. The van der Waals surface area contributed by atoms with E-state index in [1.54, 1.807) is 25.2 Å². The van der Waals surface area contributed by atoms with Crippen LogP contribution in [-0.2, 0) is 25.6 Å². The molecular formula is C17H24ClNO4S. The van der Waals surface area contributed by atoms with Crippen LogP contribution in [0, 0.1) is 5.41 Å². The summed E-state index contributed by atoms with van der Waals surface area (Å²) in [6.07, 6.45) is 2.37. The van der Waals surface area contributed by atoms with Gasteiger partial charge in [0.1, 0.15) is 0 Å². The van der Waals surface area contributed by atoms with Crippen LogP contribution in [0.25, 0.3) is 0 Å². The predicted octanol–water partition coefficient (Wildman–Crippen LogP) is 3.55. The first-order valence-electron chi connectivity index (χ1n) is 8.34. The van der Waals surface area contributed by atoms with Crippen molar-refractivity contribution < 1.29 is 19.1 Å². The average Bonchev–Trinajstić information content (AvgIpc) is 2.99. The minimum Gasteiger partial charge on any atom is -0.465 e. The van der Waals surface area contributed by atoms with Gasteiger partial charge in [-0.05, 0) is 51.7 Å². The van der Waals surface area contributed by atoms with Gasteiger partial charge in [-0.15, -0.1) is 11.3 Å². The zero-order valence-electron chi connectivity index (χ0n) is 14.1. The van der Waals surface area contributed by atoms with Gasteiger partial charge < -0.3 is 14.8 Å². The second-order valence-electron chi connectivity index (χ2n) is 5.88. The summed E-state index contributed by atoms with van der Waals surface area (Å²) in [6.45, 7) is 4.77. The highest BCUT2D eigenvalue weighted by molar-refractivity contribution is 7.16. The van der Waals surface area contributed by atoms with Gasteiger partial charge in [0.05, 0.1) is 17.6 Å². The first-order valence-corrected chi connectivity index (χ1v) is 9.53. The van der Waals surface area contributed by atoms with Crippen molar-refractivity contribution in [3.63, 3.8) is 0 Å². The molecule has 5 nitrogen and oxygen atoms in total. The number of halogens is 1. The Bertz CT molecular complexity index is 547. The number of hydrogen-bond donors (Lipinski definition) is 1. The van der Waals surface area contributed by atoms with E-state index in [0.29, 0.717) is 12.8 Å². The smallest absolute Gasteiger partial charge is 0.323 e. The van der Waals surface area contributed by atoms with Gasteiger partial charge in [-0.3, -0.25) is 9.59 Å². The van der Waals surface area contributed by atoms with Gasteiger partial charge >= 0.3 is 11.9 Å². The second kappa shape index (κ2) is 8.83. The van der Waals surface area contributed by atoms with E-state index in [-0.39, 0.29) is 19.3 Å². The van der Waals surface area contributed by atoms with Crippen molar-refractivity contribution in [2.24, 2.45) is 5.41 Å². The lowest BCUT2D eigenvalue weighted by Crippen LogP contribution is -2.47. The minimum atomic E-state index is -1.14. The number of carbonyl (C=O) groups is 2. The molecule has 1 aliphatic carbocycles. The summed E-state index contributed by atoms with van der Waals surface area (Å²) in [7, 11) is 0. The summed E-state index contributed by atoms with van der Waals surface area (Å²) >= 11 is 7.49. The van der Waals surface area contributed by atoms with Crippen molar-refractivity contribution in [3.8, 4) is 0 Å². The molecule has 0 spiro atoms. The molecule has 0 unspecified atom stereocenters. The second-order valence-corrected chi connectivity index (χ2v) is 7.68. The lowest BCUT2D eigenvalue weighted by Gasteiger charge is -2.36. The Morgan fingerprint density at radius 1 is 1.21 bits per heavy atom. The Balaban J connectivity index is 1.94. The monoisotopic (exact) mass is 373 g/mol. The van der Waals surface area contributed by atoms with Crippen LogP contribution in [0.15, 0.2) is 12.1 Å². The minimum absolute atomic E-state index is 0.265. The van der Waals surface area contributed by atoms with Crippen LogP contribution in [0.5, 0.6) is 0 Å². The third kappa shape index (κ3) is 4.49. The molecule has 1 saturated carbocycles. The number of nitrogens with one attached hydrogen (secondary N) is 1. The highest BCUT2D eigenvalue weighted by Crippen LogP contribution is 2.39. The van der Waals surface area contributed by atoms with Crippen LogP contribution < -0.4 is 5.32 Å². The molecule has 0 aliphatic heterocycles. The van der Waals surface area contributed by atoms with Gasteiger partial charge in [0.25, 0.3) is 0 Å². The largest absolute Gasteiger partial charge is 0.465 e. The molecule has 0 bridgehead atoms. The third-order valence-electron chi connectivity index (χ3n) is 4.37. The van der Waals surface area contributed by atoms with Crippen molar-refractivity contribution in [1.29, 1.82) is 0 Å². The summed E-state index contributed by atoms with van der Waals surface area (Å²) in [5, 5.41) is 3.48. The van der Waals surface area contributed by atoms with Crippen molar-refractivity contribution in [2.75, 3.05) is 13.2 Å². The topological polar surface area (TPSA) is 64.6 Å². The number of carbonyl (C=O) groups excluding carboxylic acids is 2. The molecule has 0 atom stereocenters. The Kier molecular flexibility index (Phi) is 7.07. The van der Waals surface area contributed by atoms with E-state index < -0.39 is 17.4 Å². The van der Waals surface area contributed by atoms with Crippen LogP contribution >= 0.6 is 22.9 Å². The Labute approximate surface area is 151 Å². The maximum absolute atomic E-state index is 12.4. The lowest BCUT2D eigenvalue weighted by molar-refractivity contribution is -0.175. The molecule has 1 aliphatic rings. The maximum Gasteiger partial charge on any atom is 0.323 e. The first-order chi connectivity index (χ1) is 11.5. The highest BCUT2D eigenvalue weighted by Gasteiger charge is 2.50. The highest BCUT2D eigenvalue weighted by atomic mass is 35.5. The summed E-state index contributed by atoms with van der Waals surface area (Å²) < 4.78 is 11.1. The van der Waals surface area contributed by atoms with Crippen LogP contribution in [-0.4, -0.2) is 31.2 Å². The standard InChI is InChI=1S/C17H24ClNO4S/c1-3-22-15(20)17(16(21)23-4-2)9-7-12(8-10-17)19-11-13-5-6-14(18)24-13/h5-6,12,19H,3-4,7-11H2,1-2H3. The van der Waals surface area contributed by atoms with Crippen LogP contribution in [0.3, 0.4) is 0 Å². The zero-order chi connectivity index (χ0) is 17.6. The van der Waals surface area contributed by atoms with Crippen molar-refractivity contribution in [2.45, 2.75) is 52.1 Å².